The number of amides is 1. The highest BCUT2D eigenvalue weighted by molar-refractivity contribution is 6.32. The Labute approximate surface area is 150 Å². The Morgan fingerprint density at radius 2 is 1.76 bits per heavy atom. The second kappa shape index (κ2) is 7.73. The van der Waals surface area contributed by atoms with Gasteiger partial charge in [-0.15, -0.1) is 0 Å². The Hall–Kier alpha value is -2.98. The number of hydrogen-bond acceptors (Lipinski definition) is 3. The number of para-hydroxylation sites is 3. The normalized spacial score (nSPS) is 10.8. The predicted octanol–water partition coefficient (Wildman–Crippen LogP) is 5.69. The van der Waals surface area contributed by atoms with Crippen LogP contribution in [0.15, 0.2) is 71.2 Å². The van der Waals surface area contributed by atoms with Gasteiger partial charge in [0.2, 0.25) is 5.91 Å². The van der Waals surface area contributed by atoms with Crippen LogP contribution in [0.2, 0.25) is 5.02 Å². The van der Waals surface area contributed by atoms with Crippen LogP contribution in [0.5, 0.6) is 11.5 Å². The minimum absolute atomic E-state index is 0.288. The van der Waals surface area contributed by atoms with Gasteiger partial charge in [-0.1, -0.05) is 35.9 Å². The van der Waals surface area contributed by atoms with Gasteiger partial charge >= 0.3 is 0 Å². The van der Waals surface area contributed by atoms with Gasteiger partial charge in [-0.2, -0.15) is 0 Å². The third kappa shape index (κ3) is 4.52. The number of carbonyl (C=O) groups excluding carboxylic acids is 1. The summed E-state index contributed by atoms with van der Waals surface area (Å²) in [6.07, 6.45) is 3.02. The average Bonchev–Trinajstić information content (AvgIpc) is 3.02. The fraction of sp³-hybridized carbons (Fsp3) is 0.0500. The minimum Gasteiger partial charge on any atom is -0.462 e. The molecule has 0 aliphatic heterocycles. The van der Waals surface area contributed by atoms with Crippen LogP contribution in [0.25, 0.3) is 6.08 Å². The molecule has 0 aliphatic rings. The summed E-state index contributed by atoms with van der Waals surface area (Å²) in [6, 6.07) is 18.0. The Morgan fingerprint density at radius 1 is 1.04 bits per heavy atom. The highest BCUT2D eigenvalue weighted by atomic mass is 35.5. The lowest BCUT2D eigenvalue weighted by molar-refractivity contribution is -0.111. The lowest BCUT2D eigenvalue weighted by Crippen LogP contribution is -2.08. The molecule has 1 heterocycles. The van der Waals surface area contributed by atoms with Gasteiger partial charge in [-0.3, -0.25) is 4.79 Å². The van der Waals surface area contributed by atoms with Crippen molar-refractivity contribution < 1.29 is 13.9 Å². The zero-order valence-electron chi connectivity index (χ0n) is 13.5. The van der Waals surface area contributed by atoms with E-state index in [1.54, 1.807) is 36.4 Å². The molecule has 1 amide bonds. The number of anilines is 1. The fourth-order valence-electron chi connectivity index (χ4n) is 2.18. The molecular weight excluding hydrogens is 338 g/mol. The van der Waals surface area contributed by atoms with E-state index >= 15 is 0 Å². The third-order valence-corrected chi connectivity index (χ3v) is 3.67. The second-order valence-corrected chi connectivity index (χ2v) is 5.71. The van der Waals surface area contributed by atoms with Crippen molar-refractivity contribution in [3.8, 4) is 11.5 Å². The third-order valence-electron chi connectivity index (χ3n) is 3.36. The van der Waals surface area contributed by atoms with E-state index in [4.69, 9.17) is 20.8 Å². The van der Waals surface area contributed by atoms with Crippen LogP contribution in [0.1, 0.15) is 11.5 Å². The number of aryl methyl sites for hydroxylation is 1. The lowest BCUT2D eigenvalue weighted by atomic mass is 10.2. The monoisotopic (exact) mass is 353 g/mol. The molecule has 0 spiro atoms. The van der Waals surface area contributed by atoms with Crippen LogP contribution in [-0.4, -0.2) is 5.91 Å². The number of ether oxygens (including phenoxy) is 1. The first-order valence-electron chi connectivity index (χ1n) is 7.69. The topological polar surface area (TPSA) is 51.5 Å². The van der Waals surface area contributed by atoms with E-state index in [2.05, 4.69) is 5.32 Å². The van der Waals surface area contributed by atoms with Gasteiger partial charge in [-0.05, 0) is 49.4 Å². The molecule has 0 fully saturated rings. The van der Waals surface area contributed by atoms with Gasteiger partial charge < -0.3 is 14.5 Å². The molecule has 0 saturated carbocycles. The number of furan rings is 1. The van der Waals surface area contributed by atoms with E-state index in [-0.39, 0.29) is 5.91 Å². The summed E-state index contributed by atoms with van der Waals surface area (Å²) in [5.74, 6) is 2.15. The van der Waals surface area contributed by atoms with Crippen molar-refractivity contribution in [1.82, 2.24) is 0 Å². The largest absolute Gasteiger partial charge is 0.462 e. The van der Waals surface area contributed by atoms with Crippen molar-refractivity contribution in [2.24, 2.45) is 0 Å². The van der Waals surface area contributed by atoms with E-state index in [1.807, 2.05) is 37.3 Å². The fourth-order valence-corrected chi connectivity index (χ4v) is 2.35. The SMILES string of the molecule is Cc1ccc(/C=C/C(=O)Nc2ccccc2Oc2ccccc2Cl)o1. The summed E-state index contributed by atoms with van der Waals surface area (Å²) in [5.41, 5.74) is 0.549. The molecule has 0 saturated heterocycles. The predicted molar refractivity (Wildman–Crippen MR) is 99.1 cm³/mol. The molecule has 0 aliphatic carbocycles. The number of nitrogens with one attached hydrogen (secondary N) is 1. The smallest absolute Gasteiger partial charge is 0.248 e. The molecule has 1 aromatic heterocycles. The van der Waals surface area contributed by atoms with Crippen molar-refractivity contribution in [1.29, 1.82) is 0 Å². The quantitative estimate of drug-likeness (QED) is 0.600. The van der Waals surface area contributed by atoms with Gasteiger partial charge in [0.05, 0.1) is 10.7 Å². The van der Waals surface area contributed by atoms with Gasteiger partial charge in [0.15, 0.2) is 5.75 Å². The molecule has 25 heavy (non-hydrogen) atoms. The van der Waals surface area contributed by atoms with Gasteiger partial charge in [0, 0.05) is 6.08 Å². The van der Waals surface area contributed by atoms with Crippen molar-refractivity contribution in [3.05, 3.63) is 83.3 Å². The first-order chi connectivity index (χ1) is 12.1. The number of benzene rings is 2. The molecule has 0 unspecified atom stereocenters. The summed E-state index contributed by atoms with van der Waals surface area (Å²) in [5, 5.41) is 3.29. The number of rotatable bonds is 5. The highest BCUT2D eigenvalue weighted by Gasteiger charge is 2.08. The Balaban J connectivity index is 1.73. The van der Waals surface area contributed by atoms with Crippen LogP contribution in [-0.2, 0) is 4.79 Å². The standard InChI is InChI=1S/C20H16ClNO3/c1-14-10-11-15(24-14)12-13-20(23)22-17-7-3-5-9-19(17)25-18-8-4-2-6-16(18)21/h2-13H,1H3,(H,22,23)/b13-12+. The molecule has 4 nitrogen and oxygen atoms in total. The second-order valence-electron chi connectivity index (χ2n) is 5.30. The van der Waals surface area contributed by atoms with E-state index in [0.29, 0.717) is 28.0 Å². The summed E-state index contributed by atoms with van der Waals surface area (Å²) in [7, 11) is 0. The number of halogens is 1. The maximum Gasteiger partial charge on any atom is 0.248 e. The summed E-state index contributed by atoms with van der Waals surface area (Å²) < 4.78 is 11.2. The van der Waals surface area contributed by atoms with Gasteiger partial charge in [0.25, 0.3) is 0 Å². The van der Waals surface area contributed by atoms with Crippen molar-refractivity contribution in [3.63, 3.8) is 0 Å². The molecular formula is C20H16ClNO3. The van der Waals surface area contributed by atoms with E-state index in [0.717, 1.165) is 5.76 Å². The molecule has 0 radical (unpaired) electrons. The van der Waals surface area contributed by atoms with Crippen LogP contribution < -0.4 is 10.1 Å². The summed E-state index contributed by atoms with van der Waals surface area (Å²) in [6.45, 7) is 1.85. The van der Waals surface area contributed by atoms with Gasteiger partial charge in [-0.25, -0.2) is 0 Å². The average molecular weight is 354 g/mol. The molecule has 1 N–H and O–H groups in total. The minimum atomic E-state index is -0.288. The van der Waals surface area contributed by atoms with Crippen molar-refractivity contribution in [2.75, 3.05) is 5.32 Å². The van der Waals surface area contributed by atoms with Crippen LogP contribution in [0, 0.1) is 6.92 Å². The zero-order chi connectivity index (χ0) is 17.6. The maximum absolute atomic E-state index is 12.1. The van der Waals surface area contributed by atoms with E-state index in [1.165, 1.54) is 6.08 Å². The Morgan fingerprint density at radius 3 is 2.48 bits per heavy atom. The van der Waals surface area contributed by atoms with E-state index in [9.17, 15) is 4.79 Å². The molecule has 0 bridgehead atoms. The molecule has 3 aromatic rings. The maximum atomic E-state index is 12.1. The Bertz CT molecular complexity index is 915. The Kier molecular flexibility index (Phi) is 5.21. The first-order valence-corrected chi connectivity index (χ1v) is 8.06. The zero-order valence-corrected chi connectivity index (χ0v) is 14.3. The summed E-state index contributed by atoms with van der Waals surface area (Å²) in [4.78, 5) is 12.1. The van der Waals surface area contributed by atoms with Gasteiger partial charge in [0.1, 0.15) is 17.3 Å². The van der Waals surface area contributed by atoms with Crippen LogP contribution in [0.3, 0.4) is 0 Å². The molecule has 0 atom stereocenters. The molecule has 3 rings (SSSR count). The summed E-state index contributed by atoms with van der Waals surface area (Å²) >= 11 is 6.12. The molecule has 5 heteroatoms. The number of hydrogen-bond donors (Lipinski definition) is 1. The van der Waals surface area contributed by atoms with Crippen LogP contribution >= 0.6 is 11.6 Å². The number of carbonyl (C=O) groups is 1. The van der Waals surface area contributed by atoms with E-state index < -0.39 is 0 Å². The van der Waals surface area contributed by atoms with Crippen molar-refractivity contribution in [2.45, 2.75) is 6.92 Å². The van der Waals surface area contributed by atoms with Crippen molar-refractivity contribution >= 4 is 29.3 Å². The highest BCUT2D eigenvalue weighted by Crippen LogP contribution is 2.33. The molecule has 2 aromatic carbocycles. The molecule has 126 valence electrons. The first kappa shape index (κ1) is 16.9. The lowest BCUT2D eigenvalue weighted by Gasteiger charge is -2.12. The van der Waals surface area contributed by atoms with Crippen LogP contribution in [0.4, 0.5) is 5.69 Å².